The fourth-order valence-electron chi connectivity index (χ4n) is 3.52. The fraction of sp³-hybridized carbons (Fsp3) is 0. The van der Waals surface area contributed by atoms with Crippen LogP contribution in [0.4, 0.5) is 22.9 Å². The number of fused-ring (bicyclic) bond motifs is 1. The molecule has 10 nitrogen and oxygen atoms in total. The number of carbonyl (C=O) groups is 1. The van der Waals surface area contributed by atoms with Gasteiger partial charge in [-0.15, -0.1) is 15.3 Å². The molecule has 0 bridgehead atoms. The number of nitrogens with zero attached hydrogens (tertiary/aromatic N) is 7. The topological polar surface area (TPSA) is 122 Å². The van der Waals surface area contributed by atoms with Crippen molar-refractivity contribution in [3.05, 3.63) is 102 Å². The number of aromatic nitrogens is 4. The zero-order valence-corrected chi connectivity index (χ0v) is 18.1. The van der Waals surface area contributed by atoms with Crippen molar-refractivity contribution >= 4 is 39.6 Å². The van der Waals surface area contributed by atoms with Gasteiger partial charge in [0.25, 0.3) is 11.6 Å². The molecule has 0 atom stereocenters. The number of benzene rings is 3. The average molecular weight is 460 g/mol. The molecule has 0 unspecified atom stereocenters. The number of azo groups is 1. The summed E-state index contributed by atoms with van der Waals surface area (Å²) in [6, 6.07) is 21.0. The predicted molar refractivity (Wildman–Crippen MR) is 130 cm³/mol. The lowest BCUT2D eigenvalue weighted by molar-refractivity contribution is 0.102. The van der Waals surface area contributed by atoms with Gasteiger partial charge in [-0.2, -0.15) is 10.2 Å². The lowest BCUT2D eigenvalue weighted by atomic mass is 10.0. The van der Waals surface area contributed by atoms with Crippen molar-refractivity contribution in [3.8, 4) is 11.6 Å². The Hall–Kier alpha value is -5.43. The van der Waals surface area contributed by atoms with Crippen LogP contribution in [0.1, 0.15) is 10.4 Å². The molecular formula is C25H16N8O2. The van der Waals surface area contributed by atoms with Crippen LogP contribution >= 0.6 is 0 Å². The van der Waals surface area contributed by atoms with Crippen LogP contribution in [-0.4, -0.2) is 31.0 Å². The van der Waals surface area contributed by atoms with E-state index in [1.165, 1.54) is 17.1 Å². The highest BCUT2D eigenvalue weighted by Gasteiger charge is 2.20. The van der Waals surface area contributed by atoms with Crippen molar-refractivity contribution in [1.82, 2.24) is 20.0 Å². The lowest BCUT2D eigenvalue weighted by Crippen LogP contribution is -2.12. The Morgan fingerprint density at radius 1 is 1.03 bits per heavy atom. The third-order valence-corrected chi connectivity index (χ3v) is 5.13. The van der Waals surface area contributed by atoms with Crippen molar-refractivity contribution in [1.29, 1.82) is 0 Å². The monoisotopic (exact) mass is 460 g/mol. The number of amides is 1. The van der Waals surface area contributed by atoms with Gasteiger partial charge in [-0.25, -0.2) is 9.53 Å². The number of para-hydroxylation sites is 1. The minimum Gasteiger partial charge on any atom is -0.505 e. The van der Waals surface area contributed by atoms with Gasteiger partial charge < -0.3 is 10.4 Å². The maximum absolute atomic E-state index is 13.2. The second-order valence-corrected chi connectivity index (χ2v) is 7.32. The summed E-state index contributed by atoms with van der Waals surface area (Å²) in [6.45, 7) is 7.42. The predicted octanol–water partition coefficient (Wildman–Crippen LogP) is 5.74. The van der Waals surface area contributed by atoms with Crippen LogP contribution < -0.4 is 5.32 Å². The van der Waals surface area contributed by atoms with E-state index in [2.05, 4.69) is 35.7 Å². The van der Waals surface area contributed by atoms with Crippen LogP contribution in [0.5, 0.6) is 5.75 Å². The minimum atomic E-state index is -0.492. The van der Waals surface area contributed by atoms with E-state index >= 15 is 0 Å². The normalized spacial score (nSPS) is 10.9. The molecule has 3 aromatic carbocycles. The highest BCUT2D eigenvalue weighted by atomic mass is 16.3. The molecule has 35 heavy (non-hydrogen) atoms. The molecule has 1 amide bonds. The third-order valence-electron chi connectivity index (χ3n) is 5.13. The second kappa shape index (κ2) is 9.21. The number of phenols is 1. The van der Waals surface area contributed by atoms with Gasteiger partial charge in [-0.3, -0.25) is 4.79 Å². The molecular weight excluding hydrogens is 444 g/mol. The van der Waals surface area contributed by atoms with Crippen molar-refractivity contribution < 1.29 is 9.90 Å². The molecule has 0 saturated heterocycles. The molecule has 168 valence electrons. The Kier molecular flexibility index (Phi) is 5.63. The fourth-order valence-corrected chi connectivity index (χ4v) is 3.52. The SMILES string of the molecule is [C-]#[N+]c1cnn(-c2cccnn2)c1/N=N/c1cc2ccccc2c(C(=O)Nc2ccccc2)c1O. The molecule has 0 aliphatic carbocycles. The molecule has 0 saturated carbocycles. The number of rotatable bonds is 5. The first kappa shape index (κ1) is 21.4. The summed E-state index contributed by atoms with van der Waals surface area (Å²) in [5, 5.41) is 35.4. The summed E-state index contributed by atoms with van der Waals surface area (Å²) < 4.78 is 1.32. The highest BCUT2D eigenvalue weighted by molar-refractivity contribution is 6.16. The van der Waals surface area contributed by atoms with E-state index in [0.717, 1.165) is 0 Å². The molecule has 5 rings (SSSR count). The first-order valence-corrected chi connectivity index (χ1v) is 10.4. The van der Waals surface area contributed by atoms with Crippen LogP contribution in [0.25, 0.3) is 21.4 Å². The first-order valence-electron chi connectivity index (χ1n) is 10.4. The van der Waals surface area contributed by atoms with Crippen molar-refractivity contribution in [2.24, 2.45) is 10.2 Å². The maximum atomic E-state index is 13.2. The summed E-state index contributed by atoms with van der Waals surface area (Å²) in [5.41, 5.74) is 0.850. The van der Waals surface area contributed by atoms with Gasteiger partial charge >= 0.3 is 0 Å². The van der Waals surface area contributed by atoms with Gasteiger partial charge in [-0.05, 0) is 41.1 Å². The van der Waals surface area contributed by atoms with Gasteiger partial charge in [-0.1, -0.05) is 42.5 Å². The van der Waals surface area contributed by atoms with Crippen LogP contribution in [0.15, 0.2) is 95.4 Å². The smallest absolute Gasteiger partial charge is 0.260 e. The van der Waals surface area contributed by atoms with Gasteiger partial charge in [0.1, 0.15) is 5.69 Å². The molecule has 0 radical (unpaired) electrons. The zero-order valence-electron chi connectivity index (χ0n) is 18.1. The highest BCUT2D eigenvalue weighted by Crippen LogP contribution is 2.39. The number of hydrogen-bond donors (Lipinski definition) is 2. The second-order valence-electron chi connectivity index (χ2n) is 7.32. The van der Waals surface area contributed by atoms with Gasteiger partial charge in [0.2, 0.25) is 0 Å². The van der Waals surface area contributed by atoms with Gasteiger partial charge in [0.15, 0.2) is 17.4 Å². The maximum Gasteiger partial charge on any atom is 0.260 e. The molecule has 10 heteroatoms. The molecule has 2 aromatic heterocycles. The summed E-state index contributed by atoms with van der Waals surface area (Å²) in [5.74, 6) is -0.366. The van der Waals surface area contributed by atoms with Gasteiger partial charge in [0, 0.05) is 11.9 Å². The quantitative estimate of drug-likeness (QED) is 0.256. The number of hydrogen-bond acceptors (Lipinski definition) is 7. The number of aromatic hydroxyl groups is 1. The Balaban J connectivity index is 1.60. The zero-order chi connectivity index (χ0) is 24.2. The summed E-state index contributed by atoms with van der Waals surface area (Å²) >= 11 is 0. The molecule has 0 aliphatic heterocycles. The number of phenolic OH excluding ortho intramolecular Hbond substituents is 1. The Labute approximate surface area is 199 Å². The molecule has 2 heterocycles. The van der Waals surface area contributed by atoms with E-state index in [0.29, 0.717) is 22.3 Å². The number of nitrogens with one attached hydrogen (secondary N) is 1. The van der Waals surface area contributed by atoms with E-state index in [9.17, 15) is 9.90 Å². The van der Waals surface area contributed by atoms with Crippen LogP contribution in [-0.2, 0) is 0 Å². The largest absolute Gasteiger partial charge is 0.505 e. The Morgan fingerprint density at radius 2 is 1.83 bits per heavy atom. The third kappa shape index (κ3) is 4.17. The van der Waals surface area contributed by atoms with Crippen molar-refractivity contribution in [3.63, 3.8) is 0 Å². The molecule has 2 N–H and O–H groups in total. The molecule has 0 aliphatic rings. The summed E-state index contributed by atoms with van der Waals surface area (Å²) in [7, 11) is 0. The van der Waals surface area contributed by atoms with E-state index < -0.39 is 5.91 Å². The average Bonchev–Trinajstić information content (AvgIpc) is 3.31. The standard InChI is InChI=1S/C25H16N8O2/c1-26-20-15-28-33(21-12-7-13-27-31-21)24(20)32-30-19-14-16-8-5-6-11-18(16)22(23(19)34)25(35)29-17-9-3-2-4-10-17/h2-15,34H,(H,29,35)/b32-30+. The van der Waals surface area contributed by atoms with Crippen molar-refractivity contribution in [2.75, 3.05) is 5.32 Å². The molecule has 5 aromatic rings. The van der Waals surface area contributed by atoms with Gasteiger partial charge in [0.05, 0.1) is 18.3 Å². The van der Waals surface area contributed by atoms with E-state index in [-0.39, 0.29) is 28.5 Å². The minimum absolute atomic E-state index is 0.0599. The van der Waals surface area contributed by atoms with Crippen LogP contribution in [0, 0.1) is 6.57 Å². The van der Waals surface area contributed by atoms with Crippen LogP contribution in [0.2, 0.25) is 0 Å². The summed E-state index contributed by atoms with van der Waals surface area (Å²) in [4.78, 5) is 16.6. The summed E-state index contributed by atoms with van der Waals surface area (Å²) in [6.07, 6.45) is 2.86. The number of anilines is 1. The molecule has 0 fully saturated rings. The first-order chi connectivity index (χ1) is 17.2. The molecule has 0 spiro atoms. The van der Waals surface area contributed by atoms with E-state index in [4.69, 9.17) is 6.57 Å². The number of carbonyl (C=O) groups excluding carboxylic acids is 1. The Bertz CT molecular complexity index is 1610. The van der Waals surface area contributed by atoms with E-state index in [1.807, 2.05) is 18.2 Å². The van der Waals surface area contributed by atoms with Crippen LogP contribution in [0.3, 0.4) is 0 Å². The Morgan fingerprint density at radius 3 is 2.60 bits per heavy atom. The van der Waals surface area contributed by atoms with Crippen molar-refractivity contribution in [2.45, 2.75) is 0 Å². The van der Waals surface area contributed by atoms with E-state index in [1.54, 1.807) is 54.6 Å². The lowest BCUT2D eigenvalue weighted by Gasteiger charge is -2.12.